The molecule has 1 atom stereocenters. The van der Waals surface area contributed by atoms with Gasteiger partial charge in [0.15, 0.2) is 11.4 Å². The molecule has 2 aromatic carbocycles. The van der Waals surface area contributed by atoms with Crippen molar-refractivity contribution < 1.29 is 19.1 Å². The first-order chi connectivity index (χ1) is 14.4. The van der Waals surface area contributed by atoms with Gasteiger partial charge in [-0.05, 0) is 60.5 Å². The Balaban J connectivity index is 1.66. The molecule has 5 nitrogen and oxygen atoms in total. The summed E-state index contributed by atoms with van der Waals surface area (Å²) in [6, 6.07) is 16.1. The van der Waals surface area contributed by atoms with E-state index in [2.05, 4.69) is 0 Å². The molecule has 0 bridgehead atoms. The summed E-state index contributed by atoms with van der Waals surface area (Å²) in [5.74, 6) is -0.425. The van der Waals surface area contributed by atoms with Crippen molar-refractivity contribution in [2.75, 3.05) is 4.90 Å². The summed E-state index contributed by atoms with van der Waals surface area (Å²) in [4.78, 5) is 27.4. The zero-order valence-electron chi connectivity index (χ0n) is 16.3. The van der Waals surface area contributed by atoms with Crippen LogP contribution in [0.25, 0.3) is 6.08 Å². The molecule has 6 heteroatoms. The second kappa shape index (κ2) is 7.94. The summed E-state index contributed by atoms with van der Waals surface area (Å²) < 4.78 is 5.17. The fourth-order valence-corrected chi connectivity index (χ4v) is 3.85. The lowest BCUT2D eigenvalue weighted by Crippen LogP contribution is -2.41. The van der Waals surface area contributed by atoms with Gasteiger partial charge in [-0.25, -0.2) is 0 Å². The summed E-state index contributed by atoms with van der Waals surface area (Å²) in [5.41, 5.74) is 0.910. The second-order valence-corrected chi connectivity index (χ2v) is 7.77. The molecule has 0 radical (unpaired) electrons. The Morgan fingerprint density at radius 2 is 2.00 bits per heavy atom. The largest absolute Gasteiger partial charge is 0.465 e. The van der Waals surface area contributed by atoms with Crippen molar-refractivity contribution in [3.8, 4) is 0 Å². The zero-order chi connectivity index (χ0) is 21.3. The third-order valence-corrected chi connectivity index (χ3v) is 5.53. The van der Waals surface area contributed by atoms with Crippen LogP contribution in [-0.2, 0) is 21.7 Å². The first-order valence-electron chi connectivity index (χ1n) is 9.52. The van der Waals surface area contributed by atoms with Gasteiger partial charge >= 0.3 is 0 Å². The van der Waals surface area contributed by atoms with E-state index in [0.29, 0.717) is 28.6 Å². The molecule has 0 aliphatic carbocycles. The van der Waals surface area contributed by atoms with Crippen molar-refractivity contribution in [2.24, 2.45) is 0 Å². The summed E-state index contributed by atoms with van der Waals surface area (Å²) in [5, 5.41) is 11.7. The average molecular weight is 422 g/mol. The van der Waals surface area contributed by atoms with Crippen molar-refractivity contribution >= 4 is 35.1 Å². The van der Waals surface area contributed by atoms with Gasteiger partial charge in [-0.15, -0.1) is 0 Å². The van der Waals surface area contributed by atoms with Crippen LogP contribution in [0.15, 0.2) is 71.4 Å². The van der Waals surface area contributed by atoms with Gasteiger partial charge in [0.2, 0.25) is 0 Å². The van der Waals surface area contributed by atoms with Gasteiger partial charge in [0.25, 0.3) is 5.91 Å². The maximum absolute atomic E-state index is 13.3. The van der Waals surface area contributed by atoms with Crippen LogP contribution in [0.4, 0.5) is 5.69 Å². The Bertz CT molecular complexity index is 1140. The van der Waals surface area contributed by atoms with Crippen molar-refractivity contribution in [1.82, 2.24) is 0 Å². The topological polar surface area (TPSA) is 70.8 Å². The number of aliphatic hydroxyl groups is 1. The number of allylic oxidation sites excluding steroid dienone is 1. The lowest BCUT2D eigenvalue weighted by atomic mass is 9.90. The number of carbonyl (C=O) groups is 2. The van der Waals surface area contributed by atoms with E-state index >= 15 is 0 Å². The van der Waals surface area contributed by atoms with Gasteiger partial charge in [-0.3, -0.25) is 9.59 Å². The Morgan fingerprint density at radius 3 is 2.73 bits per heavy atom. The maximum Gasteiger partial charge on any atom is 0.264 e. The summed E-state index contributed by atoms with van der Waals surface area (Å²) in [6.45, 7) is 2.26. The lowest BCUT2D eigenvalue weighted by molar-refractivity contribution is -0.140. The second-order valence-electron chi connectivity index (χ2n) is 7.33. The van der Waals surface area contributed by atoms with E-state index < -0.39 is 17.3 Å². The molecule has 30 heavy (non-hydrogen) atoms. The molecule has 1 aromatic heterocycles. The number of hydrogen-bond acceptors (Lipinski definition) is 4. The molecule has 1 N–H and O–H groups in total. The average Bonchev–Trinajstić information content (AvgIpc) is 3.30. The van der Waals surface area contributed by atoms with Crippen molar-refractivity contribution in [1.29, 1.82) is 0 Å². The van der Waals surface area contributed by atoms with E-state index in [1.807, 2.05) is 31.2 Å². The van der Waals surface area contributed by atoms with Crippen molar-refractivity contribution in [3.05, 3.63) is 94.4 Å². The monoisotopic (exact) mass is 421 g/mol. The number of aryl methyl sites for hydroxylation is 1. The number of carbonyl (C=O) groups excluding carboxylic acids is 2. The van der Waals surface area contributed by atoms with Crippen LogP contribution in [0, 0.1) is 6.92 Å². The van der Waals surface area contributed by atoms with Crippen LogP contribution >= 0.6 is 11.6 Å². The number of rotatable bonds is 6. The molecule has 0 saturated heterocycles. The van der Waals surface area contributed by atoms with E-state index in [-0.39, 0.29) is 6.42 Å². The maximum atomic E-state index is 13.3. The van der Waals surface area contributed by atoms with E-state index in [1.54, 1.807) is 30.3 Å². The van der Waals surface area contributed by atoms with E-state index in [4.69, 9.17) is 16.0 Å². The molecule has 0 unspecified atom stereocenters. The van der Waals surface area contributed by atoms with Gasteiger partial charge in [-0.2, -0.15) is 0 Å². The zero-order valence-corrected chi connectivity index (χ0v) is 17.1. The standard InChI is InChI=1S/C24H20ClNO4/c1-16-5-2-3-6-17(16)15-26-22-11-8-18(25)13-21(22)24(29,23(26)28)14-19(27)9-10-20-7-4-12-30-20/h2-13,29H,14-15H2,1H3/b10-9+/t24-/m0/s1. The molecule has 1 aliphatic heterocycles. The Labute approximate surface area is 179 Å². The number of nitrogens with zero attached hydrogens (tertiary/aromatic N) is 1. The third-order valence-electron chi connectivity index (χ3n) is 5.29. The van der Waals surface area contributed by atoms with Gasteiger partial charge in [-0.1, -0.05) is 35.9 Å². The highest BCUT2D eigenvalue weighted by atomic mass is 35.5. The molecule has 0 saturated carbocycles. The van der Waals surface area contributed by atoms with Crippen LogP contribution in [-0.4, -0.2) is 16.8 Å². The molecule has 3 aromatic rings. The number of furan rings is 1. The van der Waals surface area contributed by atoms with Gasteiger partial charge in [0.05, 0.1) is 24.9 Å². The molecular weight excluding hydrogens is 402 g/mol. The minimum Gasteiger partial charge on any atom is -0.465 e. The normalized spacial score (nSPS) is 18.2. The number of halogens is 1. The minimum atomic E-state index is -1.98. The van der Waals surface area contributed by atoms with Crippen LogP contribution in [0.5, 0.6) is 0 Å². The Kier molecular flexibility index (Phi) is 5.33. The number of ketones is 1. The smallest absolute Gasteiger partial charge is 0.264 e. The highest BCUT2D eigenvalue weighted by molar-refractivity contribution is 6.31. The Morgan fingerprint density at radius 1 is 1.20 bits per heavy atom. The number of hydrogen-bond donors (Lipinski definition) is 1. The minimum absolute atomic E-state index is 0.291. The van der Waals surface area contributed by atoms with E-state index in [1.165, 1.54) is 23.3 Å². The summed E-state index contributed by atoms with van der Waals surface area (Å²) >= 11 is 6.14. The predicted octanol–water partition coefficient (Wildman–Crippen LogP) is 4.65. The first kappa shape index (κ1) is 20.1. The number of fused-ring (bicyclic) bond motifs is 1. The highest BCUT2D eigenvalue weighted by Gasteiger charge is 2.50. The quantitative estimate of drug-likeness (QED) is 0.588. The molecule has 0 fully saturated rings. The van der Waals surface area contributed by atoms with Gasteiger partial charge in [0.1, 0.15) is 5.76 Å². The van der Waals surface area contributed by atoms with Gasteiger partial charge in [0, 0.05) is 10.6 Å². The van der Waals surface area contributed by atoms with E-state index in [9.17, 15) is 14.7 Å². The molecular formula is C24H20ClNO4. The highest BCUT2D eigenvalue weighted by Crippen LogP contribution is 2.44. The first-order valence-corrected chi connectivity index (χ1v) is 9.89. The molecule has 4 rings (SSSR count). The molecule has 1 aliphatic rings. The van der Waals surface area contributed by atoms with Crippen LogP contribution in [0.3, 0.4) is 0 Å². The predicted molar refractivity (Wildman–Crippen MR) is 115 cm³/mol. The molecule has 1 amide bonds. The fourth-order valence-electron chi connectivity index (χ4n) is 3.68. The SMILES string of the molecule is Cc1ccccc1CN1C(=O)[C@](O)(CC(=O)/C=C/c2ccco2)c2cc(Cl)ccc21. The lowest BCUT2D eigenvalue weighted by Gasteiger charge is -2.23. The summed E-state index contributed by atoms with van der Waals surface area (Å²) in [7, 11) is 0. The summed E-state index contributed by atoms with van der Waals surface area (Å²) in [6.07, 6.45) is 3.92. The number of amides is 1. The molecule has 2 heterocycles. The van der Waals surface area contributed by atoms with E-state index in [0.717, 1.165) is 11.1 Å². The fraction of sp³-hybridized carbons (Fsp3) is 0.167. The number of benzene rings is 2. The molecule has 152 valence electrons. The van der Waals surface area contributed by atoms with Crippen molar-refractivity contribution in [2.45, 2.75) is 25.5 Å². The third kappa shape index (κ3) is 3.70. The van der Waals surface area contributed by atoms with Gasteiger partial charge < -0.3 is 14.4 Å². The van der Waals surface area contributed by atoms with Crippen LogP contribution in [0.2, 0.25) is 5.02 Å². The number of anilines is 1. The van der Waals surface area contributed by atoms with Crippen LogP contribution < -0.4 is 4.90 Å². The Hall–Kier alpha value is -3.15. The van der Waals surface area contributed by atoms with Crippen molar-refractivity contribution in [3.63, 3.8) is 0 Å². The molecule has 0 spiro atoms. The van der Waals surface area contributed by atoms with Crippen LogP contribution in [0.1, 0.15) is 28.9 Å².